The number of ether oxygens (including phenoxy) is 1. The standard InChI is InChI=1S/C19H20N2O2/c1-13(11-20)15-7-9-17(19-16(15)8-10-18(22)21-19)23-12-14-5-3-2-4-6-14/h2-10,13H,11-12,20H2,1H3,(H,21,22)/t13-/m0/s1. The van der Waals surface area contributed by atoms with E-state index in [2.05, 4.69) is 11.9 Å². The zero-order valence-corrected chi connectivity index (χ0v) is 13.1. The summed E-state index contributed by atoms with van der Waals surface area (Å²) >= 11 is 0. The molecule has 1 heterocycles. The quantitative estimate of drug-likeness (QED) is 0.760. The highest BCUT2D eigenvalue weighted by Gasteiger charge is 2.12. The first kappa shape index (κ1) is 15.3. The van der Waals surface area contributed by atoms with E-state index in [9.17, 15) is 4.79 Å². The van der Waals surface area contributed by atoms with Gasteiger partial charge in [0.25, 0.3) is 0 Å². The summed E-state index contributed by atoms with van der Waals surface area (Å²) in [7, 11) is 0. The van der Waals surface area contributed by atoms with Gasteiger partial charge in [-0.3, -0.25) is 4.79 Å². The van der Waals surface area contributed by atoms with E-state index in [0.29, 0.717) is 18.9 Å². The third-order valence-corrected chi connectivity index (χ3v) is 4.01. The van der Waals surface area contributed by atoms with E-state index in [4.69, 9.17) is 10.5 Å². The van der Waals surface area contributed by atoms with Crippen LogP contribution in [-0.2, 0) is 6.61 Å². The second-order valence-corrected chi connectivity index (χ2v) is 5.68. The van der Waals surface area contributed by atoms with Crippen LogP contribution in [0.1, 0.15) is 24.0 Å². The van der Waals surface area contributed by atoms with Crippen LogP contribution in [0.4, 0.5) is 0 Å². The minimum Gasteiger partial charge on any atom is -0.487 e. The van der Waals surface area contributed by atoms with Gasteiger partial charge in [-0.15, -0.1) is 0 Å². The fraction of sp³-hybridized carbons (Fsp3) is 0.211. The van der Waals surface area contributed by atoms with E-state index in [0.717, 1.165) is 22.0 Å². The molecule has 118 valence electrons. The summed E-state index contributed by atoms with van der Waals surface area (Å²) in [6, 6.07) is 17.3. The van der Waals surface area contributed by atoms with Crippen LogP contribution < -0.4 is 16.0 Å². The van der Waals surface area contributed by atoms with Crippen LogP contribution >= 0.6 is 0 Å². The molecule has 0 fully saturated rings. The second kappa shape index (κ2) is 6.67. The predicted octanol–water partition coefficient (Wildman–Crippen LogP) is 3.17. The summed E-state index contributed by atoms with van der Waals surface area (Å²) in [5, 5.41) is 0.980. The van der Waals surface area contributed by atoms with Crippen molar-refractivity contribution < 1.29 is 4.74 Å². The Morgan fingerprint density at radius 3 is 2.61 bits per heavy atom. The van der Waals surface area contributed by atoms with Crippen LogP contribution in [0.15, 0.2) is 59.4 Å². The minimum atomic E-state index is -0.139. The number of hydrogen-bond acceptors (Lipinski definition) is 3. The lowest BCUT2D eigenvalue weighted by Gasteiger charge is -2.15. The van der Waals surface area contributed by atoms with Gasteiger partial charge < -0.3 is 15.5 Å². The largest absolute Gasteiger partial charge is 0.487 e. The Balaban J connectivity index is 2.00. The zero-order valence-electron chi connectivity index (χ0n) is 13.1. The summed E-state index contributed by atoms with van der Waals surface area (Å²) in [5.74, 6) is 0.890. The minimum absolute atomic E-state index is 0.139. The molecule has 3 N–H and O–H groups in total. The van der Waals surface area contributed by atoms with Gasteiger partial charge >= 0.3 is 0 Å². The molecule has 4 heteroatoms. The van der Waals surface area contributed by atoms with Crippen molar-refractivity contribution in [3.05, 3.63) is 76.1 Å². The van der Waals surface area contributed by atoms with Crippen molar-refractivity contribution in [1.82, 2.24) is 4.98 Å². The van der Waals surface area contributed by atoms with Crippen molar-refractivity contribution in [2.45, 2.75) is 19.4 Å². The predicted molar refractivity (Wildman–Crippen MR) is 92.8 cm³/mol. The summed E-state index contributed by atoms with van der Waals surface area (Å²) in [6.07, 6.45) is 0. The first-order chi connectivity index (χ1) is 11.2. The molecule has 3 aromatic rings. The summed E-state index contributed by atoms with van der Waals surface area (Å²) in [4.78, 5) is 14.6. The molecule has 2 aromatic carbocycles. The molecule has 3 rings (SSSR count). The number of pyridine rings is 1. The van der Waals surface area contributed by atoms with Gasteiger partial charge in [-0.05, 0) is 35.7 Å². The second-order valence-electron chi connectivity index (χ2n) is 5.68. The zero-order chi connectivity index (χ0) is 16.2. The molecular formula is C19H20N2O2. The maximum absolute atomic E-state index is 11.7. The molecule has 1 atom stereocenters. The van der Waals surface area contributed by atoms with Crippen molar-refractivity contribution in [2.75, 3.05) is 6.54 Å². The molecule has 0 radical (unpaired) electrons. The van der Waals surface area contributed by atoms with Gasteiger partial charge in [0, 0.05) is 11.5 Å². The third kappa shape index (κ3) is 3.27. The first-order valence-electron chi connectivity index (χ1n) is 7.72. The van der Waals surface area contributed by atoms with Gasteiger partial charge in [0.1, 0.15) is 12.4 Å². The first-order valence-corrected chi connectivity index (χ1v) is 7.72. The molecule has 0 spiro atoms. The van der Waals surface area contributed by atoms with Crippen LogP contribution in [0.5, 0.6) is 5.75 Å². The van der Waals surface area contributed by atoms with Crippen LogP contribution in [0.25, 0.3) is 10.9 Å². The molecular weight excluding hydrogens is 288 g/mol. The number of aromatic nitrogens is 1. The molecule has 0 saturated heterocycles. The Labute approximate surface area is 134 Å². The molecule has 0 amide bonds. The van der Waals surface area contributed by atoms with E-state index < -0.39 is 0 Å². The van der Waals surface area contributed by atoms with Gasteiger partial charge in [-0.2, -0.15) is 0 Å². The van der Waals surface area contributed by atoms with E-state index in [1.165, 1.54) is 6.07 Å². The van der Waals surface area contributed by atoms with Crippen LogP contribution in [0, 0.1) is 0 Å². The Bertz CT molecular complexity index is 856. The Hall–Kier alpha value is -2.59. The fourth-order valence-electron chi connectivity index (χ4n) is 2.66. The number of benzene rings is 2. The van der Waals surface area contributed by atoms with Crippen LogP contribution in [0.2, 0.25) is 0 Å². The summed E-state index contributed by atoms with van der Waals surface area (Å²) in [6.45, 7) is 3.08. The summed E-state index contributed by atoms with van der Waals surface area (Å²) < 4.78 is 5.93. The molecule has 0 saturated carbocycles. The fourth-order valence-corrected chi connectivity index (χ4v) is 2.66. The van der Waals surface area contributed by atoms with Gasteiger partial charge in [0.15, 0.2) is 0 Å². The van der Waals surface area contributed by atoms with Crippen molar-refractivity contribution in [2.24, 2.45) is 5.73 Å². The molecule has 0 aliphatic rings. The Morgan fingerprint density at radius 2 is 1.87 bits per heavy atom. The smallest absolute Gasteiger partial charge is 0.248 e. The van der Waals surface area contributed by atoms with Crippen LogP contribution in [-0.4, -0.2) is 11.5 Å². The lowest BCUT2D eigenvalue weighted by molar-refractivity contribution is 0.309. The van der Waals surface area contributed by atoms with E-state index in [1.807, 2.05) is 48.5 Å². The van der Waals surface area contributed by atoms with Crippen molar-refractivity contribution in [3.63, 3.8) is 0 Å². The molecule has 4 nitrogen and oxygen atoms in total. The number of aromatic amines is 1. The lowest BCUT2D eigenvalue weighted by atomic mass is 9.96. The molecule has 0 aliphatic heterocycles. The van der Waals surface area contributed by atoms with E-state index in [1.54, 1.807) is 0 Å². The molecule has 0 bridgehead atoms. The number of nitrogens with one attached hydrogen (secondary N) is 1. The van der Waals surface area contributed by atoms with Gasteiger partial charge in [-0.1, -0.05) is 43.3 Å². The lowest BCUT2D eigenvalue weighted by Crippen LogP contribution is -2.11. The van der Waals surface area contributed by atoms with Crippen LogP contribution in [0.3, 0.4) is 0 Å². The van der Waals surface area contributed by atoms with Crippen molar-refractivity contribution in [3.8, 4) is 5.75 Å². The maximum Gasteiger partial charge on any atom is 0.248 e. The molecule has 23 heavy (non-hydrogen) atoms. The van der Waals surface area contributed by atoms with Gasteiger partial charge in [0.2, 0.25) is 5.56 Å². The Morgan fingerprint density at radius 1 is 1.09 bits per heavy atom. The van der Waals surface area contributed by atoms with Crippen molar-refractivity contribution in [1.29, 1.82) is 0 Å². The molecule has 0 aliphatic carbocycles. The average Bonchev–Trinajstić information content (AvgIpc) is 2.59. The normalized spacial score (nSPS) is 12.3. The van der Waals surface area contributed by atoms with Gasteiger partial charge in [-0.25, -0.2) is 0 Å². The molecule has 0 unspecified atom stereocenters. The Kier molecular flexibility index (Phi) is 4.44. The van der Waals surface area contributed by atoms with Gasteiger partial charge in [0.05, 0.1) is 5.52 Å². The van der Waals surface area contributed by atoms with E-state index in [-0.39, 0.29) is 11.5 Å². The topological polar surface area (TPSA) is 68.1 Å². The van der Waals surface area contributed by atoms with E-state index >= 15 is 0 Å². The highest BCUT2D eigenvalue weighted by Crippen LogP contribution is 2.30. The monoisotopic (exact) mass is 308 g/mol. The highest BCUT2D eigenvalue weighted by atomic mass is 16.5. The highest BCUT2D eigenvalue weighted by molar-refractivity contribution is 5.87. The number of nitrogens with two attached hydrogens (primary N) is 1. The SMILES string of the molecule is C[C@@H](CN)c1ccc(OCc2ccccc2)c2[nH]c(=O)ccc12. The molecule has 1 aromatic heterocycles. The maximum atomic E-state index is 11.7. The number of fused-ring (bicyclic) bond motifs is 1. The number of rotatable bonds is 5. The summed E-state index contributed by atoms with van der Waals surface area (Å²) in [5.41, 5.74) is 8.58. The van der Waals surface area contributed by atoms with Crippen molar-refractivity contribution >= 4 is 10.9 Å². The number of H-pyrrole nitrogens is 1. The average molecular weight is 308 g/mol. The number of hydrogen-bond donors (Lipinski definition) is 2. The third-order valence-electron chi connectivity index (χ3n) is 4.01.